The highest BCUT2D eigenvalue weighted by Crippen LogP contribution is 2.22. The molecule has 3 nitrogen and oxygen atoms in total. The van der Waals surface area contributed by atoms with Gasteiger partial charge in [0.15, 0.2) is 0 Å². The van der Waals surface area contributed by atoms with E-state index < -0.39 is 0 Å². The van der Waals surface area contributed by atoms with Gasteiger partial charge < -0.3 is 10.0 Å². The minimum atomic E-state index is -0.228. The summed E-state index contributed by atoms with van der Waals surface area (Å²) in [6.45, 7) is 0.538. The van der Waals surface area contributed by atoms with Gasteiger partial charge in [0.2, 0.25) is 5.91 Å². The van der Waals surface area contributed by atoms with Crippen molar-refractivity contribution in [3.8, 4) is 0 Å². The third-order valence-corrected chi connectivity index (χ3v) is 2.58. The molecule has 78 valence electrons. The van der Waals surface area contributed by atoms with Crippen LogP contribution in [-0.4, -0.2) is 29.1 Å². The summed E-state index contributed by atoms with van der Waals surface area (Å²) in [7, 11) is 0. The average molecular weight is 203 g/mol. The molecule has 1 aromatic carbocycles. The fourth-order valence-corrected chi connectivity index (χ4v) is 1.79. The average Bonchev–Trinajstić information content (AvgIpc) is 2.68. The second-order valence-electron chi connectivity index (χ2n) is 3.50. The molecule has 0 aromatic heterocycles. The predicted molar refractivity (Wildman–Crippen MR) is 57.1 cm³/mol. The number of carbonyl (C=O) groups excluding carboxylic acids is 1. The Hall–Kier alpha value is -1.61. The highest BCUT2D eigenvalue weighted by Gasteiger charge is 2.24. The van der Waals surface area contributed by atoms with E-state index in [1.54, 1.807) is 11.0 Å². The maximum absolute atomic E-state index is 11.5. The maximum atomic E-state index is 11.5. The number of aliphatic hydroxyl groups excluding tert-OH is 1. The smallest absolute Gasteiger partial charge is 0.247 e. The van der Waals surface area contributed by atoms with Crippen molar-refractivity contribution in [2.45, 2.75) is 6.04 Å². The highest BCUT2D eigenvalue weighted by atomic mass is 16.3. The molecule has 3 heteroatoms. The zero-order chi connectivity index (χ0) is 10.7. The van der Waals surface area contributed by atoms with Gasteiger partial charge in [-0.2, -0.15) is 0 Å². The second-order valence-corrected chi connectivity index (χ2v) is 3.50. The molecule has 1 N–H and O–H groups in total. The fourth-order valence-electron chi connectivity index (χ4n) is 1.79. The summed E-state index contributed by atoms with van der Waals surface area (Å²) < 4.78 is 0. The van der Waals surface area contributed by atoms with E-state index in [4.69, 9.17) is 0 Å². The highest BCUT2D eigenvalue weighted by molar-refractivity contribution is 5.90. The van der Waals surface area contributed by atoms with E-state index in [1.165, 1.54) is 0 Å². The van der Waals surface area contributed by atoms with E-state index in [0.717, 1.165) is 5.56 Å². The van der Waals surface area contributed by atoms with Gasteiger partial charge in [-0.15, -0.1) is 0 Å². The van der Waals surface area contributed by atoms with Crippen LogP contribution in [0.25, 0.3) is 0 Å². The number of hydrogen-bond donors (Lipinski definition) is 1. The Labute approximate surface area is 88.6 Å². The Balaban J connectivity index is 2.21. The van der Waals surface area contributed by atoms with Crippen LogP contribution in [0.2, 0.25) is 0 Å². The van der Waals surface area contributed by atoms with Gasteiger partial charge in [0.25, 0.3) is 0 Å². The lowest BCUT2D eigenvalue weighted by Crippen LogP contribution is -2.32. The Morgan fingerprint density at radius 3 is 2.60 bits per heavy atom. The van der Waals surface area contributed by atoms with Gasteiger partial charge >= 0.3 is 0 Å². The fraction of sp³-hybridized carbons (Fsp3) is 0.250. The van der Waals surface area contributed by atoms with Crippen LogP contribution >= 0.6 is 0 Å². The summed E-state index contributed by atoms with van der Waals surface area (Å²) in [5.74, 6) is -0.0297. The quantitative estimate of drug-likeness (QED) is 0.799. The molecular weight excluding hydrogens is 190 g/mol. The summed E-state index contributed by atoms with van der Waals surface area (Å²) in [6.07, 6.45) is 3.36. The van der Waals surface area contributed by atoms with Crippen molar-refractivity contribution in [3.63, 3.8) is 0 Å². The lowest BCUT2D eigenvalue weighted by Gasteiger charge is -2.26. The molecule has 1 amide bonds. The number of benzene rings is 1. The zero-order valence-electron chi connectivity index (χ0n) is 8.34. The van der Waals surface area contributed by atoms with Gasteiger partial charge in [0, 0.05) is 12.6 Å². The SMILES string of the molecule is O=C1C=CCN1C(CO)c1ccccc1. The molecule has 0 fully saturated rings. The van der Waals surface area contributed by atoms with E-state index in [9.17, 15) is 9.90 Å². The van der Waals surface area contributed by atoms with Crippen molar-refractivity contribution in [1.82, 2.24) is 4.90 Å². The number of aliphatic hydroxyl groups is 1. The lowest BCUT2D eigenvalue weighted by atomic mass is 10.1. The number of carbonyl (C=O) groups is 1. The van der Waals surface area contributed by atoms with Gasteiger partial charge in [0.05, 0.1) is 12.6 Å². The van der Waals surface area contributed by atoms with Crippen molar-refractivity contribution in [2.75, 3.05) is 13.2 Å². The topological polar surface area (TPSA) is 40.5 Å². The largest absolute Gasteiger partial charge is 0.394 e. The van der Waals surface area contributed by atoms with Crippen molar-refractivity contribution in [2.24, 2.45) is 0 Å². The maximum Gasteiger partial charge on any atom is 0.247 e. The molecule has 0 saturated carbocycles. The van der Waals surface area contributed by atoms with Crippen molar-refractivity contribution < 1.29 is 9.90 Å². The van der Waals surface area contributed by atoms with E-state index in [-0.39, 0.29) is 18.6 Å². The molecule has 1 unspecified atom stereocenters. The van der Waals surface area contributed by atoms with Crippen LogP contribution in [0.5, 0.6) is 0 Å². The van der Waals surface area contributed by atoms with Crippen LogP contribution in [-0.2, 0) is 4.79 Å². The Morgan fingerprint density at radius 2 is 2.07 bits per heavy atom. The molecule has 2 rings (SSSR count). The van der Waals surface area contributed by atoms with Gasteiger partial charge in [-0.05, 0) is 5.56 Å². The predicted octanol–water partition coefficient (Wildman–Crippen LogP) is 1.12. The van der Waals surface area contributed by atoms with Crippen molar-refractivity contribution in [1.29, 1.82) is 0 Å². The van der Waals surface area contributed by atoms with E-state index >= 15 is 0 Å². The third-order valence-electron chi connectivity index (χ3n) is 2.58. The summed E-state index contributed by atoms with van der Waals surface area (Å²) in [4.78, 5) is 13.1. The summed E-state index contributed by atoms with van der Waals surface area (Å²) >= 11 is 0. The minimum absolute atomic E-state index is 0.0297. The van der Waals surface area contributed by atoms with E-state index in [0.29, 0.717) is 6.54 Å². The number of rotatable bonds is 3. The summed E-state index contributed by atoms with van der Waals surface area (Å²) in [5.41, 5.74) is 0.969. The molecule has 15 heavy (non-hydrogen) atoms. The first kappa shape index (κ1) is 9.93. The number of nitrogens with zero attached hydrogens (tertiary/aromatic N) is 1. The van der Waals surface area contributed by atoms with Crippen molar-refractivity contribution >= 4 is 5.91 Å². The minimum Gasteiger partial charge on any atom is -0.394 e. The second kappa shape index (κ2) is 4.28. The molecule has 1 aliphatic heterocycles. The van der Waals surface area contributed by atoms with Gasteiger partial charge in [-0.1, -0.05) is 36.4 Å². The van der Waals surface area contributed by atoms with Gasteiger partial charge in [-0.3, -0.25) is 4.79 Å². The lowest BCUT2D eigenvalue weighted by molar-refractivity contribution is -0.127. The molecule has 0 aliphatic carbocycles. The van der Waals surface area contributed by atoms with Crippen LogP contribution in [0.15, 0.2) is 42.5 Å². The van der Waals surface area contributed by atoms with E-state index in [1.807, 2.05) is 36.4 Å². The number of amides is 1. The molecule has 0 bridgehead atoms. The molecule has 1 aromatic rings. The van der Waals surface area contributed by atoms with Crippen LogP contribution in [0.3, 0.4) is 0 Å². The molecule has 0 radical (unpaired) electrons. The molecule has 0 saturated heterocycles. The molecule has 1 atom stereocenters. The first-order valence-electron chi connectivity index (χ1n) is 4.96. The number of hydrogen-bond acceptors (Lipinski definition) is 2. The summed E-state index contributed by atoms with van der Waals surface area (Å²) in [6, 6.07) is 9.35. The summed E-state index contributed by atoms with van der Waals surface area (Å²) in [5, 5.41) is 9.34. The van der Waals surface area contributed by atoms with Crippen molar-refractivity contribution in [3.05, 3.63) is 48.0 Å². The molecule has 1 heterocycles. The molecule has 1 aliphatic rings. The normalized spacial score (nSPS) is 17.1. The third kappa shape index (κ3) is 1.92. The molecular formula is C12H13NO2. The Morgan fingerprint density at radius 1 is 1.33 bits per heavy atom. The zero-order valence-corrected chi connectivity index (χ0v) is 8.34. The first-order valence-corrected chi connectivity index (χ1v) is 4.96. The Kier molecular flexibility index (Phi) is 2.83. The van der Waals surface area contributed by atoms with Crippen LogP contribution in [0.1, 0.15) is 11.6 Å². The van der Waals surface area contributed by atoms with E-state index in [2.05, 4.69) is 0 Å². The first-order chi connectivity index (χ1) is 7.33. The van der Waals surface area contributed by atoms with Gasteiger partial charge in [-0.25, -0.2) is 0 Å². The van der Waals surface area contributed by atoms with Crippen LogP contribution in [0, 0.1) is 0 Å². The standard InChI is InChI=1S/C12H13NO2/c14-9-11(10-5-2-1-3-6-10)13-8-4-7-12(13)15/h1-7,11,14H,8-9H2. The van der Waals surface area contributed by atoms with Crippen LogP contribution in [0.4, 0.5) is 0 Å². The Bertz CT molecular complexity index is 372. The molecule has 0 spiro atoms. The van der Waals surface area contributed by atoms with Gasteiger partial charge in [0.1, 0.15) is 0 Å². The monoisotopic (exact) mass is 203 g/mol. The van der Waals surface area contributed by atoms with Crippen LogP contribution < -0.4 is 0 Å².